The van der Waals surface area contributed by atoms with Crippen molar-refractivity contribution in [2.45, 2.75) is 75.5 Å². The van der Waals surface area contributed by atoms with E-state index in [1.165, 1.54) is 4.90 Å². The molecule has 0 radical (unpaired) electrons. The molecule has 1 saturated heterocycles. The number of aliphatic carboxylic acids is 1. The molecule has 0 aliphatic carbocycles. The van der Waals surface area contributed by atoms with E-state index in [4.69, 9.17) is 17.2 Å². The third-order valence-electron chi connectivity index (χ3n) is 6.45. The molecule has 0 saturated carbocycles. The van der Waals surface area contributed by atoms with E-state index in [1.807, 2.05) is 0 Å². The topological polar surface area (TPSA) is 272 Å². The lowest BCUT2D eigenvalue weighted by Crippen LogP contribution is -2.56. The molecule has 16 nitrogen and oxygen atoms in total. The number of nitrogens with one attached hydrogen (secondary N) is 4. The molecular weight excluding hydrogens is 528 g/mol. The highest BCUT2D eigenvalue weighted by Crippen LogP contribution is 2.18. The Morgan fingerprint density at radius 1 is 0.825 bits per heavy atom. The molecule has 1 fully saturated rings. The van der Waals surface area contributed by atoms with E-state index in [9.17, 15) is 39.0 Å². The highest BCUT2D eigenvalue weighted by atomic mass is 16.4. The molecule has 16 heteroatoms. The predicted molar refractivity (Wildman–Crippen MR) is 143 cm³/mol. The minimum Gasteiger partial charge on any atom is -0.480 e. The van der Waals surface area contributed by atoms with Gasteiger partial charge in [-0.1, -0.05) is 0 Å². The van der Waals surface area contributed by atoms with E-state index in [1.54, 1.807) is 0 Å². The van der Waals surface area contributed by atoms with E-state index in [2.05, 4.69) is 21.3 Å². The fraction of sp³-hybridized carbons (Fsp3) is 0.750. The number of amides is 5. The number of nitrogens with two attached hydrogens (primary N) is 3. The molecule has 0 aromatic rings. The molecule has 0 unspecified atom stereocenters. The van der Waals surface area contributed by atoms with Gasteiger partial charge in [0.25, 0.3) is 0 Å². The fourth-order valence-corrected chi connectivity index (χ4v) is 4.22. The number of likely N-dealkylation sites (tertiary alicyclic amines) is 1. The van der Waals surface area contributed by atoms with Crippen molar-refractivity contribution in [3.63, 3.8) is 0 Å². The van der Waals surface area contributed by atoms with Crippen LogP contribution in [0.25, 0.3) is 0 Å². The number of hydrogen-bond donors (Lipinski definition) is 9. The van der Waals surface area contributed by atoms with E-state index in [0.29, 0.717) is 51.6 Å². The first-order valence-electron chi connectivity index (χ1n) is 13.5. The number of aliphatic hydroxyl groups excluding tert-OH is 1. The predicted octanol–water partition coefficient (Wildman–Crippen LogP) is -4.16. The van der Waals surface area contributed by atoms with Crippen molar-refractivity contribution in [3.8, 4) is 0 Å². The standard InChI is InChI=1S/C24H44N8O8/c25-9-3-1-6-15(30-22(37)17(14-33)29-19(34)12-27)21(36)28-13-20(35)32-11-5-8-18(32)23(38)31-16(24(39)40)7-2-4-10-26/h15-18,33H,1-14,25-27H2,(H,28,36)(H,29,34)(H,30,37)(H,31,38)(H,39,40)/t15-,16-,17-,18-/m0/s1. The van der Waals surface area contributed by atoms with Crippen molar-refractivity contribution in [2.75, 3.05) is 39.3 Å². The fourth-order valence-electron chi connectivity index (χ4n) is 4.22. The maximum atomic E-state index is 12.9. The zero-order valence-corrected chi connectivity index (χ0v) is 22.7. The molecule has 228 valence electrons. The normalized spacial score (nSPS) is 16.9. The minimum absolute atomic E-state index is 0.182. The second-order valence-electron chi connectivity index (χ2n) is 9.50. The molecule has 1 aliphatic heterocycles. The summed E-state index contributed by atoms with van der Waals surface area (Å²) in [4.78, 5) is 75.5. The van der Waals surface area contributed by atoms with Crippen molar-refractivity contribution < 1.29 is 39.0 Å². The Kier molecular flexibility index (Phi) is 16.4. The number of carboxylic acids is 1. The van der Waals surface area contributed by atoms with Crippen molar-refractivity contribution in [3.05, 3.63) is 0 Å². The van der Waals surface area contributed by atoms with Crippen LogP contribution in [0, 0.1) is 0 Å². The lowest BCUT2D eigenvalue weighted by atomic mass is 10.1. The van der Waals surface area contributed by atoms with E-state index in [-0.39, 0.29) is 19.4 Å². The minimum atomic E-state index is -1.32. The van der Waals surface area contributed by atoms with Gasteiger partial charge in [0.05, 0.1) is 19.7 Å². The van der Waals surface area contributed by atoms with Crippen LogP contribution in [-0.4, -0.2) is 114 Å². The van der Waals surface area contributed by atoms with Crippen LogP contribution in [0.2, 0.25) is 0 Å². The molecule has 5 amide bonds. The summed E-state index contributed by atoms with van der Waals surface area (Å²) in [6, 6.07) is -4.39. The first kappa shape index (κ1) is 34.7. The average Bonchev–Trinajstić information content (AvgIpc) is 3.43. The first-order valence-corrected chi connectivity index (χ1v) is 13.5. The second kappa shape index (κ2) is 18.9. The van der Waals surface area contributed by atoms with Gasteiger partial charge in [-0.2, -0.15) is 0 Å². The molecule has 12 N–H and O–H groups in total. The van der Waals surface area contributed by atoms with Crippen LogP contribution in [-0.2, 0) is 28.8 Å². The van der Waals surface area contributed by atoms with Gasteiger partial charge in [-0.15, -0.1) is 0 Å². The Bertz CT molecular complexity index is 874. The van der Waals surface area contributed by atoms with Gasteiger partial charge in [-0.3, -0.25) is 24.0 Å². The van der Waals surface area contributed by atoms with Gasteiger partial charge < -0.3 is 53.6 Å². The van der Waals surface area contributed by atoms with Gasteiger partial charge in [0.1, 0.15) is 24.2 Å². The van der Waals surface area contributed by atoms with Crippen LogP contribution in [0.5, 0.6) is 0 Å². The summed E-state index contributed by atoms with van der Waals surface area (Å²) in [7, 11) is 0. The molecule has 1 rings (SSSR count). The van der Waals surface area contributed by atoms with Crippen LogP contribution in [0.15, 0.2) is 0 Å². The van der Waals surface area contributed by atoms with E-state index in [0.717, 1.165) is 0 Å². The molecule has 0 aromatic carbocycles. The monoisotopic (exact) mass is 572 g/mol. The number of nitrogens with zero attached hydrogens (tertiary/aromatic N) is 1. The van der Waals surface area contributed by atoms with Gasteiger partial charge in [-0.05, 0) is 64.5 Å². The summed E-state index contributed by atoms with van der Waals surface area (Å²) < 4.78 is 0. The number of carboxylic acid groups (broad SMARTS) is 1. The average molecular weight is 573 g/mol. The van der Waals surface area contributed by atoms with Crippen LogP contribution >= 0.6 is 0 Å². The quantitative estimate of drug-likeness (QED) is 0.0670. The lowest BCUT2D eigenvalue weighted by Gasteiger charge is -2.26. The van der Waals surface area contributed by atoms with Crippen molar-refractivity contribution >= 4 is 35.5 Å². The lowest BCUT2D eigenvalue weighted by molar-refractivity contribution is -0.144. The van der Waals surface area contributed by atoms with Gasteiger partial charge in [0.2, 0.25) is 29.5 Å². The summed E-state index contributed by atoms with van der Waals surface area (Å²) >= 11 is 0. The van der Waals surface area contributed by atoms with Crippen molar-refractivity contribution in [1.82, 2.24) is 26.2 Å². The van der Waals surface area contributed by atoms with Crippen molar-refractivity contribution in [2.24, 2.45) is 17.2 Å². The third kappa shape index (κ3) is 11.8. The third-order valence-corrected chi connectivity index (χ3v) is 6.45. The first-order chi connectivity index (χ1) is 19.1. The Morgan fingerprint density at radius 2 is 1.45 bits per heavy atom. The number of carbonyl (C=O) groups is 6. The van der Waals surface area contributed by atoms with Crippen LogP contribution in [0.3, 0.4) is 0 Å². The SMILES string of the molecule is NCCCC[C@H](NC(=O)[C@@H]1CCCN1C(=O)CNC(=O)[C@H](CCCCN)NC(=O)[C@H](CO)NC(=O)CN)C(=O)O. The van der Waals surface area contributed by atoms with Gasteiger partial charge in [0, 0.05) is 6.54 Å². The molecule has 1 aliphatic rings. The molecule has 0 spiro atoms. The Balaban J connectivity index is 2.79. The summed E-state index contributed by atoms with van der Waals surface area (Å²) in [6.45, 7) is -0.554. The molecular formula is C24H44N8O8. The van der Waals surface area contributed by atoms with Gasteiger partial charge >= 0.3 is 5.97 Å². The Labute approximate surface area is 233 Å². The zero-order chi connectivity index (χ0) is 30.1. The largest absolute Gasteiger partial charge is 0.480 e. The summed E-state index contributed by atoms with van der Waals surface area (Å²) in [5, 5.41) is 28.6. The summed E-state index contributed by atoms with van der Waals surface area (Å²) in [5.74, 6) is -4.46. The summed E-state index contributed by atoms with van der Waals surface area (Å²) in [6.07, 6.45) is 3.44. The molecule has 40 heavy (non-hydrogen) atoms. The molecule has 0 bridgehead atoms. The smallest absolute Gasteiger partial charge is 0.326 e. The van der Waals surface area contributed by atoms with E-state index < -0.39 is 79.4 Å². The molecule has 4 atom stereocenters. The molecule has 0 aromatic heterocycles. The Hall–Kier alpha value is -3.34. The van der Waals surface area contributed by atoms with Gasteiger partial charge in [-0.25, -0.2) is 4.79 Å². The van der Waals surface area contributed by atoms with Crippen molar-refractivity contribution in [1.29, 1.82) is 0 Å². The number of hydrogen-bond acceptors (Lipinski definition) is 10. The second-order valence-corrected chi connectivity index (χ2v) is 9.50. The van der Waals surface area contributed by atoms with E-state index >= 15 is 0 Å². The maximum absolute atomic E-state index is 12.9. The Morgan fingerprint density at radius 3 is 2.00 bits per heavy atom. The number of carbonyl (C=O) groups excluding carboxylic acids is 5. The number of aliphatic hydroxyl groups is 1. The highest BCUT2D eigenvalue weighted by molar-refractivity contribution is 5.95. The van der Waals surface area contributed by atoms with Crippen LogP contribution in [0.4, 0.5) is 0 Å². The van der Waals surface area contributed by atoms with Gasteiger partial charge in [0.15, 0.2) is 0 Å². The highest BCUT2D eigenvalue weighted by Gasteiger charge is 2.36. The number of rotatable bonds is 19. The number of unbranched alkanes of at least 4 members (excludes halogenated alkanes) is 2. The van der Waals surface area contributed by atoms with Crippen LogP contribution < -0.4 is 38.5 Å². The molecule has 1 heterocycles. The zero-order valence-electron chi connectivity index (χ0n) is 22.7. The summed E-state index contributed by atoms with van der Waals surface area (Å²) in [5.41, 5.74) is 16.2. The maximum Gasteiger partial charge on any atom is 0.326 e. The van der Waals surface area contributed by atoms with Crippen LogP contribution in [0.1, 0.15) is 51.4 Å².